The highest BCUT2D eigenvalue weighted by atomic mass is 32.1. The zero-order valence-electron chi connectivity index (χ0n) is 17.3. The van der Waals surface area contributed by atoms with E-state index in [-0.39, 0.29) is 11.9 Å². The van der Waals surface area contributed by atoms with Crippen LogP contribution in [0.1, 0.15) is 56.3 Å². The molecule has 0 N–H and O–H groups in total. The molecule has 1 aliphatic rings. The Bertz CT molecular complexity index is 992. The van der Waals surface area contributed by atoms with Gasteiger partial charge in [0.1, 0.15) is 5.76 Å². The molecule has 0 fully saturated rings. The van der Waals surface area contributed by atoms with Gasteiger partial charge in [0.05, 0.1) is 17.3 Å². The minimum absolute atomic E-state index is 0.0219. The second kappa shape index (κ2) is 8.08. The summed E-state index contributed by atoms with van der Waals surface area (Å²) in [4.78, 5) is 22.9. The second-order valence-corrected chi connectivity index (χ2v) is 8.66. The van der Waals surface area contributed by atoms with E-state index in [1.54, 1.807) is 17.5 Å². The molecule has 1 atom stereocenters. The van der Waals surface area contributed by atoms with E-state index in [1.165, 1.54) is 16.0 Å². The van der Waals surface area contributed by atoms with Gasteiger partial charge in [-0.25, -0.2) is 0 Å². The Hall–Kier alpha value is -2.51. The maximum atomic E-state index is 13.2. The van der Waals surface area contributed by atoms with Gasteiger partial charge >= 0.3 is 0 Å². The first-order chi connectivity index (χ1) is 14.0. The predicted molar refractivity (Wildman–Crippen MR) is 113 cm³/mol. The van der Waals surface area contributed by atoms with Crippen LogP contribution in [0.15, 0.2) is 34.4 Å². The summed E-state index contributed by atoms with van der Waals surface area (Å²) in [6, 6.07) is 3.90. The van der Waals surface area contributed by atoms with E-state index in [0.717, 1.165) is 48.6 Å². The van der Waals surface area contributed by atoms with Crippen LogP contribution in [-0.2, 0) is 19.5 Å². The normalized spacial score (nSPS) is 15.2. The number of hydrogen-bond donors (Lipinski definition) is 0. The van der Waals surface area contributed by atoms with Gasteiger partial charge in [0.15, 0.2) is 0 Å². The first kappa shape index (κ1) is 19.8. The van der Waals surface area contributed by atoms with Crippen LogP contribution in [0, 0.1) is 13.8 Å². The number of hydrogen-bond acceptors (Lipinski definition) is 6. The van der Waals surface area contributed by atoms with Gasteiger partial charge in [-0.1, -0.05) is 11.2 Å². The molecule has 0 aliphatic carbocycles. The molecule has 0 saturated heterocycles. The van der Waals surface area contributed by atoms with Crippen LogP contribution in [0.5, 0.6) is 0 Å². The number of amides is 1. The van der Waals surface area contributed by atoms with Crippen molar-refractivity contribution in [2.24, 2.45) is 0 Å². The number of nitrogens with zero attached hydrogens (tertiary/aromatic N) is 4. The zero-order chi connectivity index (χ0) is 20.5. The Morgan fingerprint density at radius 3 is 2.93 bits per heavy atom. The van der Waals surface area contributed by atoms with Crippen molar-refractivity contribution in [2.45, 2.75) is 46.3 Å². The molecular weight excluding hydrogens is 384 g/mol. The summed E-state index contributed by atoms with van der Waals surface area (Å²) in [5.74, 6) is 0.972. The third-order valence-electron chi connectivity index (χ3n) is 5.89. The fraction of sp³-hybridized carbons (Fsp3) is 0.409. The molecule has 1 aliphatic heterocycles. The number of aryl methyl sites for hydroxylation is 2. The summed E-state index contributed by atoms with van der Waals surface area (Å²) in [5.41, 5.74) is 5.23. The fourth-order valence-corrected chi connectivity index (χ4v) is 4.97. The minimum atomic E-state index is -0.0219. The average Bonchev–Trinajstić information content (AvgIpc) is 3.30. The van der Waals surface area contributed by atoms with E-state index in [9.17, 15) is 4.79 Å². The van der Waals surface area contributed by atoms with Crippen molar-refractivity contribution in [2.75, 3.05) is 13.6 Å². The third-order valence-corrected chi connectivity index (χ3v) is 6.90. The standard InChI is InChI=1S/C22H26N4O2S/c1-14-19(16(3)28-24-14)11-26-9-7-18-20(13-29-21(18)12-26)22(27)25(4)15(2)17-6-5-8-23-10-17/h5-6,8,10,13,15H,7,9,11-12H2,1-4H3/t15-/m1/s1. The van der Waals surface area contributed by atoms with Crippen LogP contribution in [0.3, 0.4) is 0 Å². The lowest BCUT2D eigenvalue weighted by atomic mass is 10.0. The highest BCUT2D eigenvalue weighted by Gasteiger charge is 2.28. The van der Waals surface area contributed by atoms with Crippen LogP contribution in [-0.4, -0.2) is 39.4 Å². The van der Waals surface area contributed by atoms with E-state index in [0.29, 0.717) is 0 Å². The van der Waals surface area contributed by atoms with Crippen LogP contribution in [0.2, 0.25) is 0 Å². The summed E-state index contributed by atoms with van der Waals surface area (Å²) in [6.45, 7) is 8.61. The Labute approximate surface area is 175 Å². The van der Waals surface area contributed by atoms with Crippen molar-refractivity contribution < 1.29 is 9.32 Å². The average molecular weight is 411 g/mol. The molecule has 3 aromatic heterocycles. The Balaban J connectivity index is 1.48. The van der Waals surface area contributed by atoms with E-state index < -0.39 is 0 Å². The smallest absolute Gasteiger partial charge is 0.255 e. The van der Waals surface area contributed by atoms with Crippen LogP contribution in [0.4, 0.5) is 0 Å². The maximum Gasteiger partial charge on any atom is 0.255 e. The van der Waals surface area contributed by atoms with E-state index >= 15 is 0 Å². The molecule has 1 amide bonds. The molecule has 6 nitrogen and oxygen atoms in total. The molecule has 4 rings (SSSR count). The number of pyridine rings is 1. The second-order valence-electron chi connectivity index (χ2n) is 7.69. The molecule has 4 heterocycles. The molecule has 3 aromatic rings. The van der Waals surface area contributed by atoms with E-state index in [2.05, 4.69) is 15.0 Å². The summed E-state index contributed by atoms with van der Waals surface area (Å²) in [7, 11) is 1.87. The van der Waals surface area contributed by atoms with E-state index in [4.69, 9.17) is 4.52 Å². The van der Waals surface area contributed by atoms with Crippen LogP contribution >= 0.6 is 11.3 Å². The molecule has 0 aromatic carbocycles. The van der Waals surface area contributed by atoms with Gasteiger partial charge in [-0.15, -0.1) is 11.3 Å². The van der Waals surface area contributed by atoms with Gasteiger partial charge in [-0.3, -0.25) is 14.7 Å². The van der Waals surface area contributed by atoms with Crippen molar-refractivity contribution in [1.82, 2.24) is 19.9 Å². The minimum Gasteiger partial charge on any atom is -0.361 e. The molecule has 0 radical (unpaired) electrons. The Morgan fingerprint density at radius 2 is 2.24 bits per heavy atom. The highest BCUT2D eigenvalue weighted by molar-refractivity contribution is 7.10. The number of rotatable bonds is 5. The topological polar surface area (TPSA) is 62.5 Å². The van der Waals surface area contributed by atoms with Crippen molar-refractivity contribution in [3.8, 4) is 0 Å². The lowest BCUT2D eigenvalue weighted by Gasteiger charge is -2.28. The van der Waals surface area contributed by atoms with E-state index in [1.807, 2.05) is 56.4 Å². The van der Waals surface area contributed by atoms with Crippen molar-refractivity contribution >= 4 is 17.2 Å². The van der Waals surface area contributed by atoms with Gasteiger partial charge in [-0.2, -0.15) is 0 Å². The molecular formula is C22H26N4O2S. The molecule has 29 heavy (non-hydrogen) atoms. The van der Waals surface area contributed by atoms with Gasteiger partial charge in [0, 0.05) is 54.9 Å². The quantitative estimate of drug-likeness (QED) is 0.633. The van der Waals surface area contributed by atoms with Gasteiger partial charge < -0.3 is 9.42 Å². The molecule has 0 saturated carbocycles. The molecule has 0 spiro atoms. The summed E-state index contributed by atoms with van der Waals surface area (Å²) in [6.07, 6.45) is 4.46. The molecule has 0 unspecified atom stereocenters. The SMILES string of the molecule is Cc1noc(C)c1CN1CCc2c(C(=O)N(C)[C@H](C)c3cccnc3)csc2C1. The zero-order valence-corrected chi connectivity index (χ0v) is 18.1. The lowest BCUT2D eigenvalue weighted by molar-refractivity contribution is 0.0741. The van der Waals surface area contributed by atoms with Gasteiger partial charge in [-0.05, 0) is 44.4 Å². The maximum absolute atomic E-state index is 13.2. The Kier molecular flexibility index (Phi) is 5.52. The third kappa shape index (κ3) is 3.84. The molecule has 152 valence electrons. The van der Waals surface area contributed by atoms with Gasteiger partial charge in [0.25, 0.3) is 5.91 Å². The monoisotopic (exact) mass is 410 g/mol. The van der Waals surface area contributed by atoms with Crippen LogP contribution in [0.25, 0.3) is 0 Å². The summed E-state index contributed by atoms with van der Waals surface area (Å²) >= 11 is 1.69. The predicted octanol–water partition coefficient (Wildman–Crippen LogP) is 4.14. The van der Waals surface area contributed by atoms with Crippen molar-refractivity contribution in [1.29, 1.82) is 0 Å². The number of fused-ring (bicyclic) bond motifs is 1. The number of aromatic nitrogens is 2. The summed E-state index contributed by atoms with van der Waals surface area (Å²) in [5, 5.41) is 6.09. The highest BCUT2D eigenvalue weighted by Crippen LogP contribution is 2.32. The first-order valence-electron chi connectivity index (χ1n) is 9.86. The Morgan fingerprint density at radius 1 is 1.41 bits per heavy atom. The fourth-order valence-electron chi connectivity index (χ4n) is 3.86. The molecule has 7 heteroatoms. The number of carbonyl (C=O) groups excluding carboxylic acids is 1. The number of thiophene rings is 1. The first-order valence-corrected chi connectivity index (χ1v) is 10.7. The van der Waals surface area contributed by atoms with Crippen molar-refractivity contribution in [3.63, 3.8) is 0 Å². The molecule has 0 bridgehead atoms. The van der Waals surface area contributed by atoms with Crippen molar-refractivity contribution in [3.05, 3.63) is 68.5 Å². The summed E-state index contributed by atoms with van der Waals surface area (Å²) < 4.78 is 5.30. The number of carbonyl (C=O) groups is 1. The largest absolute Gasteiger partial charge is 0.361 e. The van der Waals surface area contributed by atoms with Gasteiger partial charge in [0.2, 0.25) is 0 Å². The van der Waals surface area contributed by atoms with Crippen LogP contribution < -0.4 is 0 Å². The lowest BCUT2D eigenvalue weighted by Crippen LogP contribution is -2.33.